The van der Waals surface area contributed by atoms with Crippen LogP contribution in [-0.2, 0) is 5.41 Å². The number of fused-ring (bicyclic) bond motifs is 1. The van der Waals surface area contributed by atoms with Gasteiger partial charge in [0.05, 0.1) is 0 Å². The second-order valence-corrected chi connectivity index (χ2v) is 8.38. The summed E-state index contributed by atoms with van der Waals surface area (Å²) in [4.78, 5) is 29.3. The van der Waals surface area contributed by atoms with Crippen molar-refractivity contribution in [2.75, 3.05) is 10.6 Å². The number of hydrogen-bond acceptors (Lipinski definition) is 8. The van der Waals surface area contributed by atoms with E-state index in [-0.39, 0.29) is 16.5 Å². The lowest BCUT2D eigenvalue weighted by Gasteiger charge is -2.12. The molecule has 0 saturated heterocycles. The second kappa shape index (κ2) is 7.92. The van der Waals surface area contributed by atoms with Crippen molar-refractivity contribution in [2.45, 2.75) is 33.1 Å². The number of hydrogen-bond donors (Lipinski definition) is 2. The number of carbonyl (C=O) groups excluding carboxylic acids is 1. The summed E-state index contributed by atoms with van der Waals surface area (Å²) in [5, 5.41) is 10.1. The summed E-state index contributed by atoms with van der Waals surface area (Å²) in [6.45, 7) is 7.94. The van der Waals surface area contributed by atoms with Gasteiger partial charge in [-0.05, 0) is 24.6 Å². The number of nitrogens with one attached hydrogen (secondary N) is 2. The standard InChI is InChI=1S/C21H20ClN7O2/c1-11-5-6-12(20(30)28-15-8-14(31-29-15)21(2,3)4)7-13(11)27-19-17-16(23-10-26-19)18(22)25-9-24-17/h5-10H,1-4H3,(H,23,26,27)(H,28,29,30). The lowest BCUT2D eigenvalue weighted by molar-refractivity contribution is 0.102. The van der Waals surface area contributed by atoms with E-state index in [9.17, 15) is 4.79 Å². The van der Waals surface area contributed by atoms with Gasteiger partial charge in [0.2, 0.25) is 0 Å². The monoisotopic (exact) mass is 437 g/mol. The van der Waals surface area contributed by atoms with Crippen LogP contribution < -0.4 is 10.6 Å². The van der Waals surface area contributed by atoms with Crippen molar-refractivity contribution in [1.29, 1.82) is 0 Å². The Morgan fingerprint density at radius 1 is 1.03 bits per heavy atom. The van der Waals surface area contributed by atoms with E-state index in [4.69, 9.17) is 16.1 Å². The number of aromatic nitrogens is 5. The van der Waals surface area contributed by atoms with E-state index in [1.807, 2.05) is 33.8 Å². The number of benzene rings is 1. The SMILES string of the molecule is Cc1ccc(C(=O)Nc2cc(C(C)(C)C)on2)cc1Nc1ncnc2c(Cl)ncnc12. The Balaban J connectivity index is 1.60. The van der Waals surface area contributed by atoms with Crippen LogP contribution in [0.15, 0.2) is 41.4 Å². The third-order valence-corrected chi connectivity index (χ3v) is 4.90. The minimum Gasteiger partial charge on any atom is -0.359 e. The van der Waals surface area contributed by atoms with Crippen LogP contribution in [0.1, 0.15) is 42.5 Å². The molecule has 31 heavy (non-hydrogen) atoms. The van der Waals surface area contributed by atoms with E-state index < -0.39 is 0 Å². The summed E-state index contributed by atoms with van der Waals surface area (Å²) in [6.07, 6.45) is 2.73. The fraction of sp³-hybridized carbons (Fsp3) is 0.238. The Bertz CT molecular complexity index is 1280. The van der Waals surface area contributed by atoms with Crippen LogP contribution in [0.5, 0.6) is 0 Å². The minimum atomic E-state index is -0.310. The first kappa shape index (κ1) is 20.7. The smallest absolute Gasteiger partial charge is 0.256 e. The molecule has 0 unspecified atom stereocenters. The minimum absolute atomic E-state index is 0.205. The molecule has 3 aromatic heterocycles. The Hall–Kier alpha value is -3.59. The largest absolute Gasteiger partial charge is 0.359 e. The summed E-state index contributed by atoms with van der Waals surface area (Å²) < 4.78 is 5.32. The van der Waals surface area contributed by atoms with Crippen LogP contribution in [0.3, 0.4) is 0 Å². The van der Waals surface area contributed by atoms with Crippen molar-refractivity contribution in [2.24, 2.45) is 0 Å². The molecule has 0 aliphatic rings. The summed E-state index contributed by atoms with van der Waals surface area (Å²) in [5.41, 5.74) is 2.77. The molecular weight excluding hydrogens is 418 g/mol. The number of aryl methyl sites for hydroxylation is 1. The van der Waals surface area contributed by atoms with Crippen molar-refractivity contribution in [3.05, 3.63) is 59.0 Å². The molecule has 0 saturated carbocycles. The van der Waals surface area contributed by atoms with E-state index in [2.05, 4.69) is 35.7 Å². The molecule has 0 fully saturated rings. The molecule has 0 atom stereocenters. The summed E-state index contributed by atoms with van der Waals surface area (Å²) in [6, 6.07) is 7.03. The molecule has 10 heteroatoms. The van der Waals surface area contributed by atoms with Gasteiger partial charge in [0.1, 0.15) is 29.4 Å². The van der Waals surface area contributed by atoms with Gasteiger partial charge in [-0.2, -0.15) is 0 Å². The number of carbonyl (C=O) groups is 1. The number of amides is 1. The van der Waals surface area contributed by atoms with Crippen LogP contribution in [0.2, 0.25) is 5.15 Å². The first-order valence-corrected chi connectivity index (χ1v) is 9.87. The summed E-state index contributed by atoms with van der Waals surface area (Å²) >= 11 is 6.10. The van der Waals surface area contributed by atoms with E-state index in [0.29, 0.717) is 39.7 Å². The van der Waals surface area contributed by atoms with Crippen LogP contribution in [0.4, 0.5) is 17.3 Å². The molecule has 0 spiro atoms. The van der Waals surface area contributed by atoms with Crippen molar-refractivity contribution in [3.8, 4) is 0 Å². The van der Waals surface area contributed by atoms with E-state index in [1.165, 1.54) is 12.7 Å². The van der Waals surface area contributed by atoms with Crippen molar-refractivity contribution < 1.29 is 9.32 Å². The topological polar surface area (TPSA) is 119 Å². The molecular formula is C21H20ClN7O2. The average Bonchev–Trinajstić information content (AvgIpc) is 3.19. The van der Waals surface area contributed by atoms with Gasteiger partial charge in [0, 0.05) is 22.7 Å². The molecule has 0 radical (unpaired) electrons. The maximum atomic E-state index is 12.8. The molecule has 1 aromatic carbocycles. The molecule has 0 bridgehead atoms. The second-order valence-electron chi connectivity index (χ2n) is 8.02. The highest BCUT2D eigenvalue weighted by Crippen LogP contribution is 2.27. The molecule has 1 amide bonds. The predicted octanol–water partition coefficient (Wildman–Crippen LogP) is 4.66. The third kappa shape index (κ3) is 4.31. The van der Waals surface area contributed by atoms with Gasteiger partial charge in [0.25, 0.3) is 5.91 Å². The summed E-state index contributed by atoms with van der Waals surface area (Å²) in [7, 11) is 0. The Kier molecular flexibility index (Phi) is 5.28. The van der Waals surface area contributed by atoms with E-state index in [1.54, 1.807) is 18.2 Å². The maximum absolute atomic E-state index is 12.8. The van der Waals surface area contributed by atoms with Gasteiger partial charge in [-0.25, -0.2) is 19.9 Å². The lowest BCUT2D eigenvalue weighted by atomic mass is 9.93. The normalized spacial score (nSPS) is 11.5. The molecule has 9 nitrogen and oxygen atoms in total. The van der Waals surface area contributed by atoms with E-state index >= 15 is 0 Å². The van der Waals surface area contributed by atoms with Gasteiger partial charge >= 0.3 is 0 Å². The highest BCUT2D eigenvalue weighted by atomic mass is 35.5. The molecule has 0 aliphatic heterocycles. The molecule has 3 heterocycles. The highest BCUT2D eigenvalue weighted by molar-refractivity contribution is 6.33. The van der Waals surface area contributed by atoms with Gasteiger partial charge in [-0.3, -0.25) is 4.79 Å². The zero-order valence-corrected chi connectivity index (χ0v) is 18.2. The summed E-state index contributed by atoms with van der Waals surface area (Å²) in [5.74, 6) is 1.19. The van der Waals surface area contributed by atoms with Gasteiger partial charge < -0.3 is 15.2 Å². The van der Waals surface area contributed by atoms with Crippen molar-refractivity contribution >= 4 is 45.9 Å². The number of rotatable bonds is 4. The first-order valence-electron chi connectivity index (χ1n) is 9.50. The number of halogens is 1. The lowest BCUT2D eigenvalue weighted by Crippen LogP contribution is -2.13. The third-order valence-electron chi connectivity index (χ3n) is 4.62. The highest BCUT2D eigenvalue weighted by Gasteiger charge is 2.21. The quantitative estimate of drug-likeness (QED) is 0.442. The zero-order valence-electron chi connectivity index (χ0n) is 17.4. The Morgan fingerprint density at radius 2 is 1.77 bits per heavy atom. The Morgan fingerprint density at radius 3 is 2.52 bits per heavy atom. The van der Waals surface area contributed by atoms with Crippen molar-refractivity contribution in [3.63, 3.8) is 0 Å². The van der Waals surface area contributed by atoms with Crippen LogP contribution in [-0.4, -0.2) is 31.0 Å². The fourth-order valence-electron chi connectivity index (χ4n) is 2.84. The van der Waals surface area contributed by atoms with Gasteiger partial charge in [-0.1, -0.05) is 43.6 Å². The first-order chi connectivity index (χ1) is 14.7. The molecule has 4 aromatic rings. The predicted molar refractivity (Wildman–Crippen MR) is 118 cm³/mol. The van der Waals surface area contributed by atoms with Crippen molar-refractivity contribution in [1.82, 2.24) is 25.1 Å². The maximum Gasteiger partial charge on any atom is 0.256 e. The molecule has 4 rings (SSSR count). The van der Waals surface area contributed by atoms with Crippen LogP contribution in [0, 0.1) is 6.92 Å². The zero-order chi connectivity index (χ0) is 22.2. The van der Waals surface area contributed by atoms with Crippen LogP contribution in [0.25, 0.3) is 11.0 Å². The molecule has 0 aliphatic carbocycles. The molecule has 158 valence electrons. The molecule has 2 N–H and O–H groups in total. The van der Waals surface area contributed by atoms with Gasteiger partial charge in [0.15, 0.2) is 16.8 Å². The fourth-order valence-corrected chi connectivity index (χ4v) is 3.03. The van der Waals surface area contributed by atoms with E-state index in [0.717, 1.165) is 5.56 Å². The average molecular weight is 438 g/mol. The number of nitrogens with zero attached hydrogens (tertiary/aromatic N) is 5. The van der Waals surface area contributed by atoms with Gasteiger partial charge in [-0.15, -0.1) is 0 Å². The van der Waals surface area contributed by atoms with Crippen LogP contribution >= 0.6 is 11.6 Å². The Labute approximate surface area is 183 Å². The number of anilines is 3.